The van der Waals surface area contributed by atoms with Crippen molar-refractivity contribution in [3.05, 3.63) is 95.1 Å². The number of para-hydroxylation sites is 2. The van der Waals surface area contributed by atoms with Crippen molar-refractivity contribution in [2.45, 2.75) is 0 Å². The first-order chi connectivity index (χ1) is 15.5. The van der Waals surface area contributed by atoms with Crippen LogP contribution in [0.2, 0.25) is 0 Å². The van der Waals surface area contributed by atoms with Gasteiger partial charge in [0.15, 0.2) is 11.8 Å². The topological polar surface area (TPSA) is 82.5 Å². The van der Waals surface area contributed by atoms with Crippen LogP contribution in [0.1, 0.15) is 5.56 Å². The lowest BCUT2D eigenvalue weighted by Gasteiger charge is -2.13. The van der Waals surface area contributed by atoms with E-state index in [2.05, 4.69) is 5.32 Å². The highest BCUT2D eigenvalue weighted by Crippen LogP contribution is 2.36. The first-order valence-corrected chi connectivity index (χ1v) is 10.5. The van der Waals surface area contributed by atoms with Crippen molar-refractivity contribution in [3.8, 4) is 5.75 Å². The number of thioether (sulfide) groups is 1. The Labute approximate surface area is 188 Å². The molecule has 3 aromatic carbocycles. The molecule has 1 aliphatic heterocycles. The van der Waals surface area contributed by atoms with Gasteiger partial charge >= 0.3 is 0 Å². The van der Waals surface area contributed by atoms with E-state index >= 15 is 0 Å². The number of amidine groups is 1. The minimum Gasteiger partial charge on any atom is -0.483 e. The van der Waals surface area contributed by atoms with Crippen LogP contribution < -0.4 is 15.0 Å². The van der Waals surface area contributed by atoms with E-state index in [0.717, 1.165) is 11.8 Å². The fourth-order valence-electron chi connectivity index (χ4n) is 3.04. The van der Waals surface area contributed by atoms with Gasteiger partial charge in [-0.05, 0) is 60.3 Å². The molecule has 6 nitrogen and oxygen atoms in total. The zero-order chi connectivity index (χ0) is 22.5. The second-order valence-electron chi connectivity index (χ2n) is 6.77. The van der Waals surface area contributed by atoms with Crippen LogP contribution in [-0.2, 0) is 9.59 Å². The normalized spacial score (nSPS) is 14.7. The molecule has 0 unspecified atom stereocenters. The minimum absolute atomic E-state index is 0.115. The van der Waals surface area contributed by atoms with Gasteiger partial charge in [0.1, 0.15) is 11.6 Å². The number of carbonyl (C=O) groups excluding carboxylic acids is 2. The predicted octanol–water partition coefficient (Wildman–Crippen LogP) is 4.90. The Kier molecular flexibility index (Phi) is 6.32. The lowest BCUT2D eigenvalue weighted by atomic mass is 10.2. The van der Waals surface area contributed by atoms with Crippen molar-refractivity contribution in [2.75, 3.05) is 16.8 Å². The van der Waals surface area contributed by atoms with E-state index in [1.807, 2.05) is 18.2 Å². The third-order valence-corrected chi connectivity index (χ3v) is 5.42. The summed E-state index contributed by atoms with van der Waals surface area (Å²) in [5, 5.41) is 10.9. The van der Waals surface area contributed by atoms with Crippen LogP contribution >= 0.6 is 11.8 Å². The third kappa shape index (κ3) is 4.87. The Hall–Kier alpha value is -3.91. The van der Waals surface area contributed by atoms with Gasteiger partial charge in [0.2, 0.25) is 0 Å². The molecule has 0 atom stereocenters. The van der Waals surface area contributed by atoms with Crippen LogP contribution in [-0.4, -0.2) is 23.6 Å². The average Bonchev–Trinajstić information content (AvgIpc) is 3.08. The standard InChI is InChI=1S/C24H18FN3O3S/c25-17-10-12-18(13-11-17)27-22(29)15-31-20-9-5-4-6-16(20)14-21-23(30)28(24(26)32-21)19-7-2-1-3-8-19/h1-14,26H,15H2,(H,27,29)/b21-14-,26-24?. The minimum atomic E-state index is -0.401. The van der Waals surface area contributed by atoms with Gasteiger partial charge in [0.05, 0.1) is 10.6 Å². The summed E-state index contributed by atoms with van der Waals surface area (Å²) in [4.78, 5) is 26.8. The van der Waals surface area contributed by atoms with Crippen LogP contribution in [0, 0.1) is 11.2 Å². The van der Waals surface area contributed by atoms with E-state index in [9.17, 15) is 14.0 Å². The van der Waals surface area contributed by atoms with Crippen molar-refractivity contribution < 1.29 is 18.7 Å². The third-order valence-electron chi connectivity index (χ3n) is 4.53. The summed E-state index contributed by atoms with van der Waals surface area (Å²) in [5.41, 5.74) is 1.70. The van der Waals surface area contributed by atoms with E-state index in [-0.39, 0.29) is 23.5 Å². The highest BCUT2D eigenvalue weighted by atomic mass is 32.2. The Morgan fingerprint density at radius 1 is 1.03 bits per heavy atom. The Bertz CT molecular complexity index is 1200. The molecule has 1 aliphatic rings. The highest BCUT2D eigenvalue weighted by molar-refractivity contribution is 8.19. The van der Waals surface area contributed by atoms with Gasteiger partial charge in [0.25, 0.3) is 11.8 Å². The van der Waals surface area contributed by atoms with Crippen LogP contribution in [0.15, 0.2) is 83.8 Å². The molecule has 0 radical (unpaired) electrons. The molecule has 8 heteroatoms. The number of carbonyl (C=O) groups is 2. The zero-order valence-electron chi connectivity index (χ0n) is 16.7. The van der Waals surface area contributed by atoms with Crippen molar-refractivity contribution in [2.24, 2.45) is 0 Å². The molecule has 0 aliphatic carbocycles. The summed E-state index contributed by atoms with van der Waals surface area (Å²) in [7, 11) is 0. The molecule has 160 valence electrons. The molecule has 0 aromatic heterocycles. The number of nitrogens with one attached hydrogen (secondary N) is 2. The van der Waals surface area contributed by atoms with Crippen LogP contribution in [0.5, 0.6) is 5.75 Å². The predicted molar refractivity (Wildman–Crippen MR) is 124 cm³/mol. The maximum atomic E-state index is 13.0. The van der Waals surface area contributed by atoms with Crippen LogP contribution in [0.3, 0.4) is 0 Å². The number of hydrogen-bond donors (Lipinski definition) is 2. The van der Waals surface area contributed by atoms with Gasteiger partial charge in [-0.2, -0.15) is 0 Å². The van der Waals surface area contributed by atoms with E-state index in [0.29, 0.717) is 27.6 Å². The van der Waals surface area contributed by atoms with Crippen molar-refractivity contribution in [1.29, 1.82) is 5.41 Å². The maximum absolute atomic E-state index is 13.0. The summed E-state index contributed by atoms with van der Waals surface area (Å²) in [6.45, 7) is -0.259. The summed E-state index contributed by atoms with van der Waals surface area (Å²) < 4.78 is 18.7. The molecule has 0 saturated carbocycles. The number of halogens is 1. The molecule has 2 N–H and O–H groups in total. The van der Waals surface area contributed by atoms with E-state index in [4.69, 9.17) is 10.1 Å². The molecule has 2 amide bonds. The summed E-state index contributed by atoms with van der Waals surface area (Å²) in [6, 6.07) is 21.4. The molecule has 1 saturated heterocycles. The molecular formula is C24H18FN3O3S. The number of hydrogen-bond acceptors (Lipinski definition) is 5. The fourth-order valence-corrected chi connectivity index (χ4v) is 3.90. The van der Waals surface area contributed by atoms with Gasteiger partial charge in [-0.1, -0.05) is 36.4 Å². The number of amides is 2. The monoisotopic (exact) mass is 447 g/mol. The molecule has 0 spiro atoms. The first kappa shape index (κ1) is 21.3. The Morgan fingerprint density at radius 2 is 1.72 bits per heavy atom. The molecule has 4 rings (SSSR count). The van der Waals surface area contributed by atoms with Crippen LogP contribution in [0.25, 0.3) is 6.08 Å². The van der Waals surface area contributed by atoms with Crippen LogP contribution in [0.4, 0.5) is 15.8 Å². The van der Waals surface area contributed by atoms with Crippen molar-refractivity contribution >= 4 is 46.2 Å². The average molecular weight is 447 g/mol. The molecular weight excluding hydrogens is 429 g/mol. The van der Waals surface area contributed by atoms with Gasteiger partial charge in [-0.3, -0.25) is 19.9 Å². The lowest BCUT2D eigenvalue weighted by Crippen LogP contribution is -2.27. The summed E-state index contributed by atoms with van der Waals surface area (Å²) >= 11 is 1.06. The molecule has 1 heterocycles. The number of anilines is 2. The van der Waals surface area contributed by atoms with E-state index in [1.54, 1.807) is 42.5 Å². The molecule has 32 heavy (non-hydrogen) atoms. The first-order valence-electron chi connectivity index (χ1n) is 9.66. The number of rotatable bonds is 6. The Balaban J connectivity index is 1.47. The Morgan fingerprint density at radius 3 is 2.47 bits per heavy atom. The smallest absolute Gasteiger partial charge is 0.271 e. The quantitative estimate of drug-likeness (QED) is 0.527. The van der Waals surface area contributed by atoms with E-state index in [1.165, 1.54) is 29.2 Å². The number of benzene rings is 3. The molecule has 0 bridgehead atoms. The zero-order valence-corrected chi connectivity index (χ0v) is 17.6. The largest absolute Gasteiger partial charge is 0.483 e. The van der Waals surface area contributed by atoms with E-state index < -0.39 is 5.91 Å². The van der Waals surface area contributed by atoms with Gasteiger partial charge in [-0.25, -0.2) is 4.39 Å². The van der Waals surface area contributed by atoms with Gasteiger partial charge < -0.3 is 10.1 Å². The second kappa shape index (κ2) is 9.49. The lowest BCUT2D eigenvalue weighted by molar-refractivity contribution is -0.118. The summed E-state index contributed by atoms with van der Waals surface area (Å²) in [6.07, 6.45) is 1.65. The highest BCUT2D eigenvalue weighted by Gasteiger charge is 2.33. The SMILES string of the molecule is N=C1S/C(=C\c2ccccc2OCC(=O)Nc2ccc(F)cc2)C(=O)N1c1ccccc1. The molecule has 1 fully saturated rings. The fraction of sp³-hybridized carbons (Fsp3) is 0.0417. The van der Waals surface area contributed by atoms with Gasteiger partial charge in [0, 0.05) is 11.3 Å². The number of ether oxygens (including phenoxy) is 1. The summed E-state index contributed by atoms with van der Waals surface area (Å²) in [5.74, 6) is -0.663. The molecule has 3 aromatic rings. The second-order valence-corrected chi connectivity index (χ2v) is 7.80. The van der Waals surface area contributed by atoms with Crippen molar-refractivity contribution in [3.63, 3.8) is 0 Å². The maximum Gasteiger partial charge on any atom is 0.271 e. The van der Waals surface area contributed by atoms with Crippen molar-refractivity contribution in [1.82, 2.24) is 0 Å². The van der Waals surface area contributed by atoms with Gasteiger partial charge in [-0.15, -0.1) is 0 Å². The number of nitrogens with zero attached hydrogens (tertiary/aromatic N) is 1.